The van der Waals surface area contributed by atoms with E-state index in [-0.39, 0.29) is 11.5 Å². The van der Waals surface area contributed by atoms with Gasteiger partial charge in [-0.1, -0.05) is 36.4 Å². The summed E-state index contributed by atoms with van der Waals surface area (Å²) in [5.41, 5.74) is 5.59. The van der Waals surface area contributed by atoms with E-state index in [1.165, 1.54) is 0 Å². The summed E-state index contributed by atoms with van der Waals surface area (Å²) in [5, 5.41) is 19.9. The zero-order valence-electron chi connectivity index (χ0n) is 22.2. The SMILES string of the molecule is COc1ccc(N(c2ccc(OC)cc2)c2ccc(C(C)(c3ccc(O)cc3)c3ccc(O)cc3)cc2)cc1. The molecule has 0 saturated heterocycles. The predicted molar refractivity (Wildman–Crippen MR) is 156 cm³/mol. The Kier molecular flexibility index (Phi) is 7.15. The second-order valence-corrected chi connectivity index (χ2v) is 9.50. The van der Waals surface area contributed by atoms with Gasteiger partial charge in [0.1, 0.15) is 23.0 Å². The van der Waals surface area contributed by atoms with Crippen molar-refractivity contribution < 1.29 is 19.7 Å². The van der Waals surface area contributed by atoms with Crippen LogP contribution < -0.4 is 14.4 Å². The minimum atomic E-state index is -0.523. The van der Waals surface area contributed by atoms with Crippen LogP contribution in [0.4, 0.5) is 17.1 Å². The zero-order chi connectivity index (χ0) is 27.4. The fraction of sp³-hybridized carbons (Fsp3) is 0.118. The van der Waals surface area contributed by atoms with Crippen LogP contribution in [-0.4, -0.2) is 24.4 Å². The van der Waals surface area contributed by atoms with Crippen LogP contribution in [0.2, 0.25) is 0 Å². The van der Waals surface area contributed by atoms with Crippen LogP contribution in [0.15, 0.2) is 121 Å². The Morgan fingerprint density at radius 2 is 0.744 bits per heavy atom. The molecule has 5 rings (SSSR count). The standard InChI is InChI=1S/C34H31NO4/c1-34(25-6-16-30(36)17-7-25,26-8-18-31(37)19-9-26)24-4-10-27(11-5-24)35(28-12-20-32(38-2)21-13-28)29-14-22-33(39-3)23-15-29/h4-23,36-37H,1-3H3. The van der Waals surface area contributed by atoms with Crippen molar-refractivity contribution in [2.45, 2.75) is 12.3 Å². The maximum Gasteiger partial charge on any atom is 0.119 e. The van der Waals surface area contributed by atoms with Gasteiger partial charge in [-0.3, -0.25) is 0 Å². The lowest BCUT2D eigenvalue weighted by atomic mass is 9.71. The molecule has 0 saturated carbocycles. The van der Waals surface area contributed by atoms with Crippen LogP contribution in [0.1, 0.15) is 23.6 Å². The van der Waals surface area contributed by atoms with E-state index in [0.29, 0.717) is 0 Å². The Morgan fingerprint density at radius 1 is 0.462 bits per heavy atom. The van der Waals surface area contributed by atoms with Crippen LogP contribution >= 0.6 is 0 Å². The number of benzene rings is 5. The predicted octanol–water partition coefficient (Wildman–Crippen LogP) is 7.94. The summed E-state index contributed by atoms with van der Waals surface area (Å²) < 4.78 is 10.8. The summed E-state index contributed by atoms with van der Waals surface area (Å²) in [6.45, 7) is 2.16. The zero-order valence-corrected chi connectivity index (χ0v) is 22.2. The summed E-state index contributed by atoms with van der Waals surface area (Å²) in [5.74, 6) is 2.03. The normalized spacial score (nSPS) is 11.2. The van der Waals surface area contributed by atoms with Crippen molar-refractivity contribution in [2.24, 2.45) is 0 Å². The summed E-state index contributed by atoms with van der Waals surface area (Å²) in [6.07, 6.45) is 0. The maximum absolute atomic E-state index is 9.93. The number of rotatable bonds is 8. The monoisotopic (exact) mass is 517 g/mol. The van der Waals surface area contributed by atoms with E-state index in [9.17, 15) is 10.2 Å². The quantitative estimate of drug-likeness (QED) is 0.205. The van der Waals surface area contributed by atoms with Gasteiger partial charge < -0.3 is 24.6 Å². The van der Waals surface area contributed by atoms with Gasteiger partial charge in [-0.2, -0.15) is 0 Å². The van der Waals surface area contributed by atoms with E-state index in [1.54, 1.807) is 38.5 Å². The van der Waals surface area contributed by atoms with Crippen LogP contribution in [0, 0.1) is 0 Å². The molecule has 5 aromatic rings. The van der Waals surface area contributed by atoms with E-state index in [4.69, 9.17) is 9.47 Å². The van der Waals surface area contributed by atoms with Crippen LogP contribution in [0.3, 0.4) is 0 Å². The number of nitrogens with zero attached hydrogens (tertiary/aromatic N) is 1. The van der Waals surface area contributed by atoms with Gasteiger partial charge in [0.05, 0.1) is 14.2 Å². The van der Waals surface area contributed by atoms with Gasteiger partial charge in [0.15, 0.2) is 0 Å². The van der Waals surface area contributed by atoms with Crippen molar-refractivity contribution in [1.29, 1.82) is 0 Å². The highest BCUT2D eigenvalue weighted by Crippen LogP contribution is 2.42. The average Bonchev–Trinajstić information content (AvgIpc) is 2.99. The van der Waals surface area contributed by atoms with Gasteiger partial charge in [-0.05, 0) is 109 Å². The molecule has 0 bridgehead atoms. The third kappa shape index (κ3) is 5.12. The molecular weight excluding hydrogens is 486 g/mol. The molecule has 0 fully saturated rings. The molecule has 0 aliphatic carbocycles. The van der Waals surface area contributed by atoms with Gasteiger partial charge in [0.25, 0.3) is 0 Å². The van der Waals surface area contributed by atoms with Crippen LogP contribution in [-0.2, 0) is 5.41 Å². The Morgan fingerprint density at radius 3 is 1.05 bits per heavy atom. The number of hydrogen-bond donors (Lipinski definition) is 2. The van der Waals surface area contributed by atoms with Crippen LogP contribution in [0.25, 0.3) is 0 Å². The number of ether oxygens (including phenoxy) is 2. The summed E-state index contributed by atoms with van der Waals surface area (Å²) in [4.78, 5) is 2.18. The summed E-state index contributed by atoms with van der Waals surface area (Å²) in [7, 11) is 3.32. The van der Waals surface area contributed by atoms with E-state index >= 15 is 0 Å². The number of methoxy groups -OCH3 is 2. The number of aromatic hydroxyl groups is 2. The minimum absolute atomic E-state index is 0.219. The van der Waals surface area contributed by atoms with E-state index in [2.05, 4.69) is 36.1 Å². The molecule has 0 spiro atoms. The molecule has 5 nitrogen and oxygen atoms in total. The Bertz CT molecular complexity index is 1420. The van der Waals surface area contributed by atoms with Crippen LogP contribution in [0.5, 0.6) is 23.0 Å². The molecular formula is C34H31NO4. The topological polar surface area (TPSA) is 62.2 Å². The smallest absolute Gasteiger partial charge is 0.119 e. The Hall–Kier alpha value is -4.90. The van der Waals surface area contributed by atoms with Crippen molar-refractivity contribution in [3.05, 3.63) is 138 Å². The van der Waals surface area contributed by atoms with Gasteiger partial charge >= 0.3 is 0 Å². The highest BCUT2D eigenvalue weighted by Gasteiger charge is 2.31. The molecule has 0 amide bonds. The lowest BCUT2D eigenvalue weighted by molar-refractivity contribution is 0.415. The lowest BCUT2D eigenvalue weighted by Crippen LogP contribution is -2.25. The van der Waals surface area contributed by atoms with Crippen molar-refractivity contribution >= 4 is 17.1 Å². The largest absolute Gasteiger partial charge is 0.508 e. The molecule has 0 aromatic heterocycles. The molecule has 2 N–H and O–H groups in total. The number of anilines is 3. The molecule has 5 aromatic carbocycles. The van der Waals surface area contributed by atoms with Gasteiger partial charge in [-0.15, -0.1) is 0 Å². The highest BCUT2D eigenvalue weighted by molar-refractivity contribution is 5.77. The number of phenols is 2. The van der Waals surface area contributed by atoms with Gasteiger partial charge in [-0.25, -0.2) is 0 Å². The first kappa shape index (κ1) is 25.7. The van der Waals surface area contributed by atoms with Crippen molar-refractivity contribution in [3.8, 4) is 23.0 Å². The second kappa shape index (κ2) is 10.8. The molecule has 0 aliphatic heterocycles. The molecule has 39 heavy (non-hydrogen) atoms. The summed E-state index contributed by atoms with van der Waals surface area (Å²) >= 11 is 0. The average molecular weight is 518 g/mol. The lowest BCUT2D eigenvalue weighted by Gasteiger charge is -2.33. The number of phenolic OH excluding ortho intramolecular Hbond substituents is 2. The van der Waals surface area contributed by atoms with E-state index in [1.807, 2.05) is 72.8 Å². The molecule has 0 atom stereocenters. The first-order valence-electron chi connectivity index (χ1n) is 12.7. The van der Waals surface area contributed by atoms with Crippen molar-refractivity contribution in [3.63, 3.8) is 0 Å². The van der Waals surface area contributed by atoms with Crippen molar-refractivity contribution in [1.82, 2.24) is 0 Å². The number of hydrogen-bond acceptors (Lipinski definition) is 5. The minimum Gasteiger partial charge on any atom is -0.508 e. The molecule has 0 heterocycles. The first-order valence-corrected chi connectivity index (χ1v) is 12.7. The summed E-state index contributed by atoms with van der Waals surface area (Å²) in [6, 6.07) is 39.0. The van der Waals surface area contributed by atoms with Gasteiger partial charge in [0, 0.05) is 22.5 Å². The Labute approximate surface area is 229 Å². The maximum atomic E-state index is 9.93. The Balaban J connectivity index is 1.60. The third-order valence-electron chi connectivity index (χ3n) is 7.25. The molecule has 5 heteroatoms. The third-order valence-corrected chi connectivity index (χ3v) is 7.25. The molecule has 0 aliphatic rings. The molecule has 0 unspecified atom stereocenters. The highest BCUT2D eigenvalue weighted by atomic mass is 16.5. The molecule has 0 radical (unpaired) electrons. The second-order valence-electron chi connectivity index (χ2n) is 9.50. The first-order chi connectivity index (χ1) is 18.9. The van der Waals surface area contributed by atoms with E-state index in [0.717, 1.165) is 45.3 Å². The van der Waals surface area contributed by atoms with E-state index < -0.39 is 5.41 Å². The fourth-order valence-corrected chi connectivity index (χ4v) is 4.94. The fourth-order valence-electron chi connectivity index (χ4n) is 4.94. The molecule has 196 valence electrons. The van der Waals surface area contributed by atoms with Gasteiger partial charge in [0.2, 0.25) is 0 Å². The van der Waals surface area contributed by atoms with Crippen molar-refractivity contribution in [2.75, 3.05) is 19.1 Å².